The van der Waals surface area contributed by atoms with E-state index in [1.807, 2.05) is 13.0 Å². The van der Waals surface area contributed by atoms with Crippen molar-refractivity contribution >= 4 is 34.8 Å². The summed E-state index contributed by atoms with van der Waals surface area (Å²) in [5.41, 5.74) is 2.22. The van der Waals surface area contributed by atoms with Crippen LogP contribution in [0.3, 0.4) is 0 Å². The number of thiocarbonyl (C=S) groups is 1. The number of ether oxygens (including phenoxy) is 1. The zero-order valence-corrected chi connectivity index (χ0v) is 12.6. The number of aromatic amines is 1. The minimum Gasteiger partial charge on any atom is -0.462 e. The number of carbonyl (C=O) groups excluding carboxylic acids is 1. The second kappa shape index (κ2) is 6.85. The largest absolute Gasteiger partial charge is 0.462 e. The summed E-state index contributed by atoms with van der Waals surface area (Å²) in [6.07, 6.45) is 0. The Morgan fingerprint density at radius 3 is 2.62 bits per heavy atom. The van der Waals surface area contributed by atoms with Crippen LogP contribution in [-0.4, -0.2) is 27.9 Å². The van der Waals surface area contributed by atoms with Gasteiger partial charge in [0, 0.05) is 17.4 Å². The van der Waals surface area contributed by atoms with Crippen molar-refractivity contribution in [3.8, 4) is 0 Å². The molecule has 3 N–H and O–H groups in total. The van der Waals surface area contributed by atoms with Crippen molar-refractivity contribution in [2.24, 2.45) is 0 Å². The Morgan fingerprint density at radius 2 is 2.05 bits per heavy atom. The van der Waals surface area contributed by atoms with Crippen molar-refractivity contribution in [1.29, 1.82) is 0 Å². The van der Waals surface area contributed by atoms with E-state index in [1.54, 1.807) is 31.2 Å². The summed E-state index contributed by atoms with van der Waals surface area (Å²) in [6, 6.07) is 8.73. The molecule has 0 aliphatic carbocycles. The van der Waals surface area contributed by atoms with E-state index in [0.29, 0.717) is 23.1 Å². The van der Waals surface area contributed by atoms with E-state index in [1.165, 1.54) is 0 Å². The molecular formula is C14H16N4O2S. The minimum atomic E-state index is -0.336. The van der Waals surface area contributed by atoms with Crippen molar-refractivity contribution in [3.63, 3.8) is 0 Å². The van der Waals surface area contributed by atoms with Crippen molar-refractivity contribution in [3.05, 3.63) is 41.6 Å². The molecule has 6 nitrogen and oxygen atoms in total. The second-order valence-corrected chi connectivity index (χ2v) is 4.72. The molecule has 1 heterocycles. The lowest BCUT2D eigenvalue weighted by Gasteiger charge is -2.09. The Kier molecular flexibility index (Phi) is 4.89. The fourth-order valence-corrected chi connectivity index (χ4v) is 1.89. The van der Waals surface area contributed by atoms with Gasteiger partial charge in [-0.2, -0.15) is 5.10 Å². The van der Waals surface area contributed by atoms with E-state index in [2.05, 4.69) is 20.8 Å². The Bertz CT molecular complexity index is 637. The third-order valence-electron chi connectivity index (χ3n) is 2.60. The zero-order chi connectivity index (χ0) is 15.2. The molecule has 7 heteroatoms. The molecule has 0 atom stereocenters. The van der Waals surface area contributed by atoms with Gasteiger partial charge < -0.3 is 15.4 Å². The topological polar surface area (TPSA) is 79.0 Å². The van der Waals surface area contributed by atoms with E-state index in [4.69, 9.17) is 17.0 Å². The lowest BCUT2D eigenvalue weighted by atomic mass is 10.2. The highest BCUT2D eigenvalue weighted by molar-refractivity contribution is 7.80. The van der Waals surface area contributed by atoms with E-state index >= 15 is 0 Å². The fraction of sp³-hybridized carbons (Fsp3) is 0.214. The predicted molar refractivity (Wildman–Crippen MR) is 85.6 cm³/mol. The molecule has 0 spiro atoms. The summed E-state index contributed by atoms with van der Waals surface area (Å²) in [5, 5.41) is 13.2. The van der Waals surface area contributed by atoms with Gasteiger partial charge in [0.25, 0.3) is 0 Å². The Morgan fingerprint density at radius 1 is 1.33 bits per heavy atom. The molecule has 1 aromatic carbocycles. The van der Waals surface area contributed by atoms with Crippen LogP contribution < -0.4 is 10.6 Å². The maximum absolute atomic E-state index is 11.5. The molecule has 0 aliphatic rings. The molecule has 2 rings (SSSR count). The van der Waals surface area contributed by atoms with E-state index < -0.39 is 0 Å². The normalized spacial score (nSPS) is 10.0. The Hall–Kier alpha value is -2.41. The van der Waals surface area contributed by atoms with Crippen LogP contribution in [0.5, 0.6) is 0 Å². The number of hydrogen-bond acceptors (Lipinski definition) is 4. The van der Waals surface area contributed by atoms with Crippen LogP contribution in [0.4, 0.5) is 11.5 Å². The van der Waals surface area contributed by atoms with Gasteiger partial charge in [-0.05, 0) is 50.3 Å². The molecule has 2 aromatic rings. The van der Waals surface area contributed by atoms with Gasteiger partial charge in [-0.3, -0.25) is 5.10 Å². The van der Waals surface area contributed by atoms with Gasteiger partial charge in [0.15, 0.2) is 10.9 Å². The standard InChI is InChI=1S/C14H16N4O2S/c1-3-20-13(19)10-4-6-11(7-5-10)15-14(21)16-12-8-9(2)17-18-12/h4-8H,3H2,1-2H3,(H3,15,16,17,18,21). The number of nitrogens with one attached hydrogen (secondary N) is 3. The number of aryl methyl sites for hydroxylation is 1. The van der Waals surface area contributed by atoms with Crippen LogP contribution in [0.2, 0.25) is 0 Å². The molecule has 0 fully saturated rings. The number of aromatic nitrogens is 2. The minimum absolute atomic E-state index is 0.336. The van der Waals surface area contributed by atoms with Gasteiger partial charge in [0.1, 0.15) is 0 Å². The van der Waals surface area contributed by atoms with Crippen molar-refractivity contribution in [2.75, 3.05) is 17.2 Å². The number of H-pyrrole nitrogens is 1. The number of nitrogens with zero attached hydrogens (tertiary/aromatic N) is 1. The van der Waals surface area contributed by atoms with E-state index in [9.17, 15) is 4.79 Å². The lowest BCUT2D eigenvalue weighted by molar-refractivity contribution is 0.0526. The fourth-order valence-electron chi connectivity index (χ4n) is 1.66. The van der Waals surface area contributed by atoms with E-state index in [-0.39, 0.29) is 5.97 Å². The number of anilines is 2. The number of esters is 1. The highest BCUT2D eigenvalue weighted by Gasteiger charge is 2.06. The number of carbonyl (C=O) groups is 1. The van der Waals surface area contributed by atoms with Gasteiger partial charge in [-0.15, -0.1) is 0 Å². The average molecular weight is 304 g/mol. The quantitative estimate of drug-likeness (QED) is 0.595. The summed E-state index contributed by atoms with van der Waals surface area (Å²) in [5.74, 6) is 0.310. The van der Waals surface area contributed by atoms with Crippen LogP contribution in [-0.2, 0) is 4.74 Å². The molecule has 0 saturated heterocycles. The van der Waals surface area contributed by atoms with Gasteiger partial charge in [0.05, 0.1) is 12.2 Å². The van der Waals surface area contributed by atoms with Crippen LogP contribution in [0.25, 0.3) is 0 Å². The molecular weight excluding hydrogens is 288 g/mol. The van der Waals surface area contributed by atoms with Gasteiger partial charge in [0.2, 0.25) is 0 Å². The predicted octanol–water partition coefficient (Wildman–Crippen LogP) is 2.70. The Labute approximate surface area is 127 Å². The van der Waals surface area contributed by atoms with Gasteiger partial charge in [-0.25, -0.2) is 4.79 Å². The van der Waals surface area contributed by atoms with Crippen molar-refractivity contribution < 1.29 is 9.53 Å². The third-order valence-corrected chi connectivity index (χ3v) is 2.81. The molecule has 0 unspecified atom stereocenters. The average Bonchev–Trinajstić information content (AvgIpc) is 2.85. The maximum atomic E-state index is 11.5. The molecule has 0 amide bonds. The smallest absolute Gasteiger partial charge is 0.338 e. The molecule has 0 saturated carbocycles. The summed E-state index contributed by atoms with van der Waals surface area (Å²) in [7, 11) is 0. The summed E-state index contributed by atoms with van der Waals surface area (Å²) in [6.45, 7) is 4.04. The Balaban J connectivity index is 1.93. The van der Waals surface area contributed by atoms with Crippen LogP contribution >= 0.6 is 12.2 Å². The molecule has 0 radical (unpaired) electrons. The van der Waals surface area contributed by atoms with Crippen LogP contribution in [0.1, 0.15) is 23.0 Å². The summed E-state index contributed by atoms with van der Waals surface area (Å²) in [4.78, 5) is 11.5. The first-order valence-corrected chi connectivity index (χ1v) is 6.86. The van der Waals surface area contributed by atoms with Crippen molar-refractivity contribution in [2.45, 2.75) is 13.8 Å². The van der Waals surface area contributed by atoms with E-state index in [0.717, 1.165) is 11.4 Å². The van der Waals surface area contributed by atoms with Crippen LogP contribution in [0, 0.1) is 6.92 Å². The number of hydrogen-bond donors (Lipinski definition) is 3. The second-order valence-electron chi connectivity index (χ2n) is 4.31. The molecule has 0 bridgehead atoms. The third kappa shape index (κ3) is 4.28. The molecule has 110 valence electrons. The molecule has 1 aromatic heterocycles. The summed E-state index contributed by atoms with van der Waals surface area (Å²) >= 11 is 5.19. The van der Waals surface area contributed by atoms with Gasteiger partial charge in [-0.1, -0.05) is 0 Å². The SMILES string of the molecule is CCOC(=O)c1ccc(NC(=S)Nc2cc(C)[nH]n2)cc1. The first-order valence-electron chi connectivity index (χ1n) is 6.45. The number of benzene rings is 1. The monoisotopic (exact) mass is 304 g/mol. The van der Waals surface area contributed by atoms with Gasteiger partial charge >= 0.3 is 5.97 Å². The van der Waals surface area contributed by atoms with Crippen LogP contribution in [0.15, 0.2) is 30.3 Å². The molecule has 21 heavy (non-hydrogen) atoms. The first kappa shape index (κ1) is 15.0. The van der Waals surface area contributed by atoms with Crippen molar-refractivity contribution in [1.82, 2.24) is 10.2 Å². The lowest BCUT2D eigenvalue weighted by Crippen LogP contribution is -2.19. The number of rotatable bonds is 4. The first-order chi connectivity index (χ1) is 10.1. The summed E-state index contributed by atoms with van der Waals surface area (Å²) < 4.78 is 4.92. The maximum Gasteiger partial charge on any atom is 0.338 e. The highest BCUT2D eigenvalue weighted by atomic mass is 32.1. The highest BCUT2D eigenvalue weighted by Crippen LogP contribution is 2.12. The zero-order valence-electron chi connectivity index (χ0n) is 11.8. The molecule has 0 aliphatic heterocycles.